The molecule has 3 fully saturated rings. The molecule has 2 heteroatoms. The molecule has 0 bridgehead atoms. The molecule has 2 heterocycles. The summed E-state index contributed by atoms with van der Waals surface area (Å²) in [4.78, 5) is 2.76. The Balaban J connectivity index is 1.53. The molecule has 3 aliphatic rings. The summed E-state index contributed by atoms with van der Waals surface area (Å²) in [5.74, 6) is 0. The highest BCUT2D eigenvalue weighted by Gasteiger charge is 2.45. The van der Waals surface area contributed by atoms with Crippen LogP contribution < -0.4 is 5.32 Å². The van der Waals surface area contributed by atoms with E-state index in [9.17, 15) is 0 Å². The number of nitrogens with zero attached hydrogens (tertiary/aromatic N) is 1. The summed E-state index contributed by atoms with van der Waals surface area (Å²) in [6.45, 7) is 5.36. The van der Waals surface area contributed by atoms with E-state index >= 15 is 0 Å². The molecule has 2 aliphatic heterocycles. The first-order valence-corrected chi connectivity index (χ1v) is 6.33. The van der Waals surface area contributed by atoms with E-state index in [-0.39, 0.29) is 0 Å². The third-order valence-corrected chi connectivity index (χ3v) is 4.58. The predicted molar refractivity (Wildman–Crippen MR) is 58.4 cm³/mol. The van der Waals surface area contributed by atoms with Gasteiger partial charge in [-0.15, -0.1) is 0 Å². The molecular weight excluding hydrogens is 172 g/mol. The maximum absolute atomic E-state index is 3.47. The Labute approximate surface area is 87.0 Å². The average Bonchev–Trinajstić information content (AvgIpc) is 2.68. The summed E-state index contributed by atoms with van der Waals surface area (Å²) >= 11 is 0. The lowest BCUT2D eigenvalue weighted by Crippen LogP contribution is -2.62. The Kier molecular flexibility index (Phi) is 2.29. The fourth-order valence-corrected chi connectivity index (χ4v) is 3.62. The van der Waals surface area contributed by atoms with Gasteiger partial charge in [-0.2, -0.15) is 0 Å². The molecule has 0 amide bonds. The number of hydrogen-bond acceptors (Lipinski definition) is 2. The highest BCUT2D eigenvalue weighted by atomic mass is 15.2. The first-order valence-electron chi connectivity index (χ1n) is 6.33. The molecule has 0 radical (unpaired) electrons. The topological polar surface area (TPSA) is 15.3 Å². The Morgan fingerprint density at radius 2 is 1.64 bits per heavy atom. The SMILES string of the molecule is C1CCC(N2CC3(CCNCC3)C2)C1. The fraction of sp³-hybridized carbons (Fsp3) is 1.00. The van der Waals surface area contributed by atoms with Crippen LogP contribution in [0, 0.1) is 5.41 Å². The summed E-state index contributed by atoms with van der Waals surface area (Å²) in [6, 6.07) is 0.968. The van der Waals surface area contributed by atoms with Gasteiger partial charge >= 0.3 is 0 Å². The number of rotatable bonds is 1. The average molecular weight is 194 g/mol. The second-order valence-corrected chi connectivity index (χ2v) is 5.59. The molecule has 1 spiro atoms. The Hall–Kier alpha value is -0.0800. The Bertz CT molecular complexity index is 194. The second kappa shape index (κ2) is 3.49. The second-order valence-electron chi connectivity index (χ2n) is 5.59. The Morgan fingerprint density at radius 1 is 1.00 bits per heavy atom. The number of piperidine rings is 1. The van der Waals surface area contributed by atoms with Gasteiger partial charge in [0.15, 0.2) is 0 Å². The molecule has 0 aromatic heterocycles. The molecule has 2 nitrogen and oxygen atoms in total. The minimum Gasteiger partial charge on any atom is -0.317 e. The molecule has 0 aromatic rings. The molecule has 0 unspecified atom stereocenters. The smallest absolute Gasteiger partial charge is 0.00957 e. The normalized spacial score (nSPS) is 33.4. The van der Waals surface area contributed by atoms with E-state index in [1.807, 2.05) is 0 Å². The van der Waals surface area contributed by atoms with Crippen molar-refractivity contribution in [1.82, 2.24) is 10.2 Å². The van der Waals surface area contributed by atoms with E-state index in [4.69, 9.17) is 0 Å². The lowest BCUT2D eigenvalue weighted by Gasteiger charge is -2.55. The van der Waals surface area contributed by atoms with Crippen LogP contribution in [0.3, 0.4) is 0 Å². The van der Waals surface area contributed by atoms with Gasteiger partial charge in [-0.05, 0) is 44.2 Å². The van der Waals surface area contributed by atoms with E-state index in [2.05, 4.69) is 10.2 Å². The highest BCUT2D eigenvalue weighted by molar-refractivity contribution is 5.00. The standard InChI is InChI=1S/C12H22N2/c1-2-4-11(3-1)14-9-12(10-14)5-7-13-8-6-12/h11,13H,1-10H2. The van der Waals surface area contributed by atoms with Crippen molar-refractivity contribution in [2.24, 2.45) is 5.41 Å². The van der Waals surface area contributed by atoms with Crippen molar-refractivity contribution < 1.29 is 0 Å². The van der Waals surface area contributed by atoms with Crippen LogP contribution in [0.2, 0.25) is 0 Å². The van der Waals surface area contributed by atoms with E-state index < -0.39 is 0 Å². The van der Waals surface area contributed by atoms with Gasteiger partial charge in [0.1, 0.15) is 0 Å². The summed E-state index contributed by atoms with van der Waals surface area (Å²) in [5.41, 5.74) is 0.744. The zero-order valence-corrected chi connectivity index (χ0v) is 9.10. The molecule has 0 aromatic carbocycles. The van der Waals surface area contributed by atoms with Crippen LogP contribution in [-0.4, -0.2) is 37.1 Å². The van der Waals surface area contributed by atoms with Gasteiger partial charge < -0.3 is 5.32 Å². The van der Waals surface area contributed by atoms with Crippen molar-refractivity contribution in [2.45, 2.75) is 44.6 Å². The van der Waals surface area contributed by atoms with Gasteiger partial charge in [-0.3, -0.25) is 4.90 Å². The van der Waals surface area contributed by atoms with Gasteiger partial charge in [0.05, 0.1) is 0 Å². The molecule has 3 rings (SSSR count). The third kappa shape index (κ3) is 1.49. The van der Waals surface area contributed by atoms with Crippen LogP contribution in [0.5, 0.6) is 0 Å². The molecule has 0 atom stereocenters. The van der Waals surface area contributed by atoms with Crippen molar-refractivity contribution in [3.8, 4) is 0 Å². The first kappa shape index (κ1) is 9.17. The zero-order valence-electron chi connectivity index (χ0n) is 9.10. The van der Waals surface area contributed by atoms with Crippen molar-refractivity contribution in [1.29, 1.82) is 0 Å². The zero-order chi connectivity index (χ0) is 9.43. The van der Waals surface area contributed by atoms with Gasteiger partial charge in [-0.1, -0.05) is 12.8 Å². The Morgan fingerprint density at radius 3 is 2.29 bits per heavy atom. The first-order chi connectivity index (χ1) is 6.88. The lowest BCUT2D eigenvalue weighted by molar-refractivity contribution is -0.0488. The monoisotopic (exact) mass is 194 g/mol. The number of hydrogen-bond donors (Lipinski definition) is 1. The summed E-state index contributed by atoms with van der Waals surface area (Å²) in [5, 5.41) is 3.47. The molecule has 80 valence electrons. The van der Waals surface area contributed by atoms with Crippen LogP contribution in [0.15, 0.2) is 0 Å². The van der Waals surface area contributed by atoms with Crippen LogP contribution in [0.25, 0.3) is 0 Å². The molecule has 14 heavy (non-hydrogen) atoms. The van der Waals surface area contributed by atoms with Gasteiger partial charge in [0, 0.05) is 19.1 Å². The molecule has 2 saturated heterocycles. The van der Waals surface area contributed by atoms with Crippen molar-refractivity contribution in [2.75, 3.05) is 26.2 Å². The van der Waals surface area contributed by atoms with Crippen LogP contribution in [0.4, 0.5) is 0 Å². The lowest BCUT2D eigenvalue weighted by atomic mass is 9.71. The maximum atomic E-state index is 3.47. The van der Waals surface area contributed by atoms with Crippen molar-refractivity contribution in [3.05, 3.63) is 0 Å². The summed E-state index contributed by atoms with van der Waals surface area (Å²) in [6.07, 6.45) is 8.78. The number of nitrogens with one attached hydrogen (secondary N) is 1. The van der Waals surface area contributed by atoms with Crippen LogP contribution in [-0.2, 0) is 0 Å². The van der Waals surface area contributed by atoms with Crippen LogP contribution >= 0.6 is 0 Å². The molecule has 1 saturated carbocycles. The largest absolute Gasteiger partial charge is 0.317 e. The summed E-state index contributed by atoms with van der Waals surface area (Å²) in [7, 11) is 0. The van der Waals surface area contributed by atoms with E-state index in [0.29, 0.717) is 0 Å². The maximum Gasteiger partial charge on any atom is 0.00957 e. The molecule has 1 N–H and O–H groups in total. The predicted octanol–water partition coefficient (Wildman–Crippen LogP) is 1.61. The fourth-order valence-electron chi connectivity index (χ4n) is 3.62. The quantitative estimate of drug-likeness (QED) is 0.682. The molecular formula is C12H22N2. The van der Waals surface area contributed by atoms with Crippen molar-refractivity contribution in [3.63, 3.8) is 0 Å². The van der Waals surface area contributed by atoms with Crippen LogP contribution in [0.1, 0.15) is 38.5 Å². The van der Waals surface area contributed by atoms with Gasteiger partial charge in [0.2, 0.25) is 0 Å². The minimum atomic E-state index is 0.744. The molecule has 1 aliphatic carbocycles. The van der Waals surface area contributed by atoms with Gasteiger partial charge in [-0.25, -0.2) is 0 Å². The highest BCUT2D eigenvalue weighted by Crippen LogP contribution is 2.42. The number of likely N-dealkylation sites (tertiary alicyclic amines) is 1. The van der Waals surface area contributed by atoms with E-state index in [1.165, 1.54) is 64.7 Å². The van der Waals surface area contributed by atoms with Gasteiger partial charge in [0.25, 0.3) is 0 Å². The van der Waals surface area contributed by atoms with E-state index in [1.54, 1.807) is 0 Å². The third-order valence-electron chi connectivity index (χ3n) is 4.58. The van der Waals surface area contributed by atoms with E-state index in [0.717, 1.165) is 11.5 Å². The van der Waals surface area contributed by atoms with Crippen molar-refractivity contribution >= 4 is 0 Å². The minimum absolute atomic E-state index is 0.744. The summed E-state index contributed by atoms with van der Waals surface area (Å²) < 4.78 is 0.